The number of esters is 1. The molecule has 1 aliphatic heterocycles. The number of H-pyrrole nitrogens is 1. The van der Waals surface area contributed by atoms with Crippen LogP contribution in [0.4, 0.5) is 14.5 Å². The number of carbonyl (C=O) groups excluding carboxylic acids is 2. The summed E-state index contributed by atoms with van der Waals surface area (Å²) >= 11 is 12.4. The van der Waals surface area contributed by atoms with E-state index in [-0.39, 0.29) is 26.8 Å². The van der Waals surface area contributed by atoms with Crippen molar-refractivity contribution in [2.24, 2.45) is 5.41 Å². The first-order valence-electron chi connectivity index (χ1n) is 13.8. The second kappa shape index (κ2) is 11.5. The second-order valence-corrected chi connectivity index (χ2v) is 13.1. The minimum atomic E-state index is -1.10. The summed E-state index contributed by atoms with van der Waals surface area (Å²) in [5, 5.41) is 6.51. The molecule has 1 amide bonds. The predicted molar refractivity (Wildman–Crippen MR) is 164 cm³/mol. The van der Waals surface area contributed by atoms with Gasteiger partial charge in [-0.2, -0.15) is 0 Å². The van der Waals surface area contributed by atoms with E-state index >= 15 is 8.78 Å². The van der Waals surface area contributed by atoms with Crippen molar-refractivity contribution in [1.82, 2.24) is 15.3 Å². The molecule has 0 aliphatic carbocycles. The smallest absolute Gasteiger partial charge is 0.374 e. The summed E-state index contributed by atoms with van der Waals surface area (Å²) < 4.78 is 36.3. The first-order valence-corrected chi connectivity index (χ1v) is 14.5. The molecule has 1 saturated heterocycles. The number of anilines is 1. The Hall–Kier alpha value is -3.53. The van der Waals surface area contributed by atoms with Gasteiger partial charge in [0.25, 0.3) is 0 Å². The van der Waals surface area contributed by atoms with Crippen molar-refractivity contribution in [3.8, 4) is 0 Å². The molecule has 0 saturated carbocycles. The fourth-order valence-electron chi connectivity index (χ4n) is 6.21. The number of hydrogen-bond donors (Lipinski definition) is 3. The van der Waals surface area contributed by atoms with E-state index in [1.807, 2.05) is 6.92 Å². The van der Waals surface area contributed by atoms with Crippen LogP contribution in [0.15, 0.2) is 54.6 Å². The molecule has 0 unspecified atom stereocenters. The number of nitrogens with zero attached hydrogens (tertiary/aromatic N) is 1. The van der Waals surface area contributed by atoms with Gasteiger partial charge in [0.2, 0.25) is 11.7 Å². The largest absolute Gasteiger partial charge is 0.463 e. The number of imidazole rings is 1. The van der Waals surface area contributed by atoms with Gasteiger partial charge in [0.05, 0.1) is 29.2 Å². The Balaban J connectivity index is 1.62. The number of methoxy groups -OCH3 is 1. The highest BCUT2D eigenvalue weighted by Crippen LogP contribution is 2.53. The summed E-state index contributed by atoms with van der Waals surface area (Å²) in [5.74, 6) is -3.12. The van der Waals surface area contributed by atoms with Gasteiger partial charge in [-0.3, -0.25) is 4.79 Å². The van der Waals surface area contributed by atoms with Gasteiger partial charge in [-0.25, -0.2) is 18.6 Å². The fraction of sp³-hybridized carbons (Fsp3) is 0.344. The van der Waals surface area contributed by atoms with Crippen LogP contribution in [0, 0.1) is 17.0 Å². The van der Waals surface area contributed by atoms with Crippen molar-refractivity contribution in [3.63, 3.8) is 0 Å². The van der Waals surface area contributed by atoms with Crippen LogP contribution in [-0.4, -0.2) is 41.0 Å². The molecule has 5 rings (SSSR count). The molecule has 1 aliphatic rings. The highest BCUT2D eigenvalue weighted by molar-refractivity contribution is 6.31. The zero-order valence-corrected chi connectivity index (χ0v) is 25.8. The molecule has 4 atom stereocenters. The summed E-state index contributed by atoms with van der Waals surface area (Å²) in [5.41, 5.74) is 0.614. The Kier molecular flexibility index (Phi) is 8.28. The van der Waals surface area contributed by atoms with Crippen LogP contribution in [0.5, 0.6) is 0 Å². The summed E-state index contributed by atoms with van der Waals surface area (Å²) in [6.07, 6.45) is 0.546. The number of aromatic nitrogens is 2. The Morgan fingerprint density at radius 1 is 1.09 bits per heavy atom. The van der Waals surface area contributed by atoms with Crippen LogP contribution in [0.1, 0.15) is 61.8 Å². The van der Waals surface area contributed by atoms with Crippen LogP contribution in [0.3, 0.4) is 0 Å². The molecule has 0 bridgehead atoms. The van der Waals surface area contributed by atoms with E-state index in [0.29, 0.717) is 28.7 Å². The van der Waals surface area contributed by atoms with Gasteiger partial charge in [0.1, 0.15) is 11.6 Å². The lowest BCUT2D eigenvalue weighted by atomic mass is 9.63. The molecule has 0 spiro atoms. The van der Waals surface area contributed by atoms with Crippen molar-refractivity contribution in [2.75, 3.05) is 12.4 Å². The molecule has 226 valence electrons. The van der Waals surface area contributed by atoms with Gasteiger partial charge in [0.15, 0.2) is 0 Å². The number of halogens is 4. The molecular weight excluding hydrogens is 597 g/mol. The number of carbonyl (C=O) groups is 2. The van der Waals surface area contributed by atoms with E-state index < -0.39 is 46.9 Å². The zero-order valence-electron chi connectivity index (χ0n) is 24.3. The molecule has 2 heterocycles. The van der Waals surface area contributed by atoms with Crippen molar-refractivity contribution >= 4 is 51.8 Å². The number of hydrogen-bond acceptors (Lipinski definition) is 5. The van der Waals surface area contributed by atoms with E-state index in [4.69, 9.17) is 27.9 Å². The second-order valence-electron chi connectivity index (χ2n) is 12.3. The quantitative estimate of drug-likeness (QED) is 0.193. The number of ether oxygens (including phenoxy) is 1. The van der Waals surface area contributed by atoms with E-state index in [1.54, 1.807) is 42.5 Å². The molecule has 4 aromatic rings. The minimum absolute atomic E-state index is 0.0284. The maximum absolute atomic E-state index is 15.8. The molecule has 1 fully saturated rings. The van der Waals surface area contributed by atoms with Crippen LogP contribution in [0.2, 0.25) is 10.0 Å². The molecule has 43 heavy (non-hydrogen) atoms. The number of benzene rings is 3. The lowest BCUT2D eigenvalue weighted by Crippen LogP contribution is -2.44. The molecule has 7 nitrogen and oxygen atoms in total. The third-order valence-electron chi connectivity index (χ3n) is 8.14. The van der Waals surface area contributed by atoms with Crippen LogP contribution >= 0.6 is 23.2 Å². The van der Waals surface area contributed by atoms with E-state index in [9.17, 15) is 9.59 Å². The number of aromatic amines is 1. The SMILES string of the molecule is COC(=O)c1nc2ccc(NC(=O)[C@@H]3N[C@@H](CC(C)(C)C)[C@](C)(c4ccc(Cl)cc4F)[C@H]3c3cccc(Cl)c3F)cc2[nH]1. The molecule has 3 aromatic carbocycles. The first-order chi connectivity index (χ1) is 20.2. The summed E-state index contributed by atoms with van der Waals surface area (Å²) in [7, 11) is 1.26. The topological polar surface area (TPSA) is 96.1 Å². The third-order valence-corrected chi connectivity index (χ3v) is 8.67. The molecule has 3 N–H and O–H groups in total. The summed E-state index contributed by atoms with van der Waals surface area (Å²) in [4.78, 5) is 33.1. The maximum atomic E-state index is 15.8. The van der Waals surface area contributed by atoms with Gasteiger partial charge < -0.3 is 20.4 Å². The Morgan fingerprint density at radius 2 is 1.84 bits per heavy atom. The van der Waals surface area contributed by atoms with Crippen molar-refractivity contribution in [3.05, 3.63) is 93.2 Å². The normalized spacial score (nSPS) is 22.1. The monoisotopic (exact) mass is 628 g/mol. The number of fused-ring (bicyclic) bond motifs is 1. The highest BCUT2D eigenvalue weighted by atomic mass is 35.5. The highest BCUT2D eigenvalue weighted by Gasteiger charge is 2.57. The van der Waals surface area contributed by atoms with Crippen molar-refractivity contribution < 1.29 is 23.1 Å². The van der Waals surface area contributed by atoms with Gasteiger partial charge in [-0.05, 0) is 59.4 Å². The molecular formula is C32H32Cl2F2N4O3. The number of amides is 1. The van der Waals surface area contributed by atoms with E-state index in [0.717, 1.165) is 0 Å². The standard InChI is InChI=1S/C32H32Cl2F2N4O3/c1-31(2,3)15-24-32(4,19-11-9-16(33)13-21(19)35)25(18-7-6-8-20(34)26(18)36)27(40-24)29(41)37-17-10-12-22-23(14-17)39-28(38-22)30(42)43-5/h6-14,24-25,27,40H,15H2,1-5H3,(H,37,41)(H,38,39)/t24-,25-,27+,32-/m0/s1. The molecule has 11 heteroatoms. The average Bonchev–Trinajstić information content (AvgIpc) is 3.48. The average molecular weight is 630 g/mol. The fourth-order valence-corrected chi connectivity index (χ4v) is 6.55. The van der Waals surface area contributed by atoms with Crippen LogP contribution in [0.25, 0.3) is 11.0 Å². The Morgan fingerprint density at radius 3 is 2.51 bits per heavy atom. The van der Waals surface area contributed by atoms with E-state index in [1.165, 1.54) is 19.2 Å². The first kappa shape index (κ1) is 30.9. The Bertz CT molecular complexity index is 1720. The Labute approximate surface area is 258 Å². The van der Waals surface area contributed by atoms with Gasteiger partial charge in [-0.15, -0.1) is 0 Å². The maximum Gasteiger partial charge on any atom is 0.374 e. The summed E-state index contributed by atoms with van der Waals surface area (Å²) in [6, 6.07) is 12.6. The van der Waals surface area contributed by atoms with E-state index in [2.05, 4.69) is 41.4 Å². The molecule has 0 radical (unpaired) electrons. The van der Waals surface area contributed by atoms with Crippen LogP contribution in [-0.2, 0) is 14.9 Å². The van der Waals surface area contributed by atoms with Gasteiger partial charge in [0, 0.05) is 28.1 Å². The minimum Gasteiger partial charge on any atom is -0.463 e. The van der Waals surface area contributed by atoms with Gasteiger partial charge in [-0.1, -0.05) is 69.1 Å². The van der Waals surface area contributed by atoms with Gasteiger partial charge >= 0.3 is 5.97 Å². The third kappa shape index (κ3) is 5.86. The van der Waals surface area contributed by atoms with Crippen molar-refractivity contribution in [1.29, 1.82) is 0 Å². The predicted octanol–water partition coefficient (Wildman–Crippen LogP) is 7.39. The number of nitrogens with one attached hydrogen (secondary N) is 3. The summed E-state index contributed by atoms with van der Waals surface area (Å²) in [6.45, 7) is 8.01. The lowest BCUT2D eigenvalue weighted by Gasteiger charge is -2.40. The lowest BCUT2D eigenvalue weighted by molar-refractivity contribution is -0.118. The van der Waals surface area contributed by atoms with Crippen molar-refractivity contribution in [2.45, 2.75) is 57.5 Å². The zero-order chi connectivity index (χ0) is 31.3. The molecule has 1 aromatic heterocycles. The number of rotatable bonds is 6. The van der Waals surface area contributed by atoms with Crippen LogP contribution < -0.4 is 10.6 Å².